The lowest BCUT2D eigenvalue weighted by Gasteiger charge is -2.14. The van der Waals surface area contributed by atoms with E-state index in [0.717, 1.165) is 21.8 Å². The van der Waals surface area contributed by atoms with Crippen molar-refractivity contribution in [1.29, 1.82) is 0 Å². The first-order valence-electron chi connectivity index (χ1n) is 13.5. The van der Waals surface area contributed by atoms with Crippen LogP contribution in [0.4, 0.5) is 5.69 Å². The van der Waals surface area contributed by atoms with Crippen molar-refractivity contribution < 1.29 is 27.9 Å². The first-order chi connectivity index (χ1) is 20.5. The fourth-order valence-electron chi connectivity index (χ4n) is 4.07. The highest BCUT2D eigenvalue weighted by Gasteiger charge is 2.16. The molecule has 0 atom stereocenters. The number of carbonyl (C=O) groups is 2. The Labute approximate surface area is 259 Å². The summed E-state index contributed by atoms with van der Waals surface area (Å²) in [5.41, 5.74) is 3.40. The Morgan fingerprint density at radius 2 is 1.77 bits per heavy atom. The number of anilines is 1. The zero-order chi connectivity index (χ0) is 31.0. The zero-order valence-electron chi connectivity index (χ0n) is 23.6. The van der Waals surface area contributed by atoms with Gasteiger partial charge in [-0.3, -0.25) is 4.79 Å². The summed E-state index contributed by atoms with van der Waals surface area (Å²) in [6, 6.07) is 18.0. The first kappa shape index (κ1) is 31.9. The molecule has 11 heteroatoms. The Bertz CT molecular complexity index is 1710. The standard InChI is InChI=1S/C32H31ClN2O6S2/c1-21(2)28-20-42-30(34-28)16-8-22-5-9-24(10-6-22)32(38)35-27-18-23(7-15-29(27)41-19-31(36)37)4-3-17-43(39,40)26-13-11-25(33)12-14-26/h5-16,18,20-21H,3-4,17,19H2,1-2H3,(H,35,38)(H,36,37)/b16-8+. The number of carboxylic acids is 1. The van der Waals surface area contributed by atoms with Crippen molar-refractivity contribution in [3.05, 3.63) is 105 Å². The summed E-state index contributed by atoms with van der Waals surface area (Å²) in [6.07, 6.45) is 4.61. The summed E-state index contributed by atoms with van der Waals surface area (Å²) < 4.78 is 30.8. The molecule has 0 unspecified atom stereocenters. The Kier molecular flexibility index (Phi) is 10.7. The number of nitrogens with zero attached hydrogens (tertiary/aromatic N) is 1. The van der Waals surface area contributed by atoms with Crippen LogP contribution >= 0.6 is 22.9 Å². The molecule has 0 bridgehead atoms. The zero-order valence-corrected chi connectivity index (χ0v) is 26.0. The molecule has 1 heterocycles. The normalized spacial score (nSPS) is 11.6. The second kappa shape index (κ2) is 14.5. The second-order valence-corrected chi connectivity index (χ2v) is 13.5. The number of nitrogens with one attached hydrogen (secondary N) is 1. The Morgan fingerprint density at radius 3 is 2.42 bits per heavy atom. The van der Waals surface area contributed by atoms with E-state index in [4.69, 9.17) is 21.4 Å². The van der Waals surface area contributed by atoms with Crippen LogP contribution in [0.1, 0.15) is 58.4 Å². The van der Waals surface area contributed by atoms with E-state index in [2.05, 4.69) is 24.1 Å². The van der Waals surface area contributed by atoms with Gasteiger partial charge in [-0.1, -0.05) is 49.7 Å². The third-order valence-electron chi connectivity index (χ3n) is 6.42. The van der Waals surface area contributed by atoms with Gasteiger partial charge in [-0.05, 0) is 84.5 Å². The van der Waals surface area contributed by atoms with Crippen molar-refractivity contribution >= 4 is 62.5 Å². The molecule has 0 radical (unpaired) electrons. The molecular formula is C32H31ClN2O6S2. The van der Waals surface area contributed by atoms with Crippen LogP contribution in [0, 0.1) is 0 Å². The van der Waals surface area contributed by atoms with Gasteiger partial charge < -0.3 is 15.2 Å². The molecule has 0 fully saturated rings. The quantitative estimate of drug-likeness (QED) is 0.159. The minimum absolute atomic E-state index is 0.0736. The molecule has 4 aromatic rings. The smallest absolute Gasteiger partial charge is 0.341 e. The maximum atomic E-state index is 13.1. The topological polar surface area (TPSA) is 123 Å². The molecule has 0 saturated carbocycles. The van der Waals surface area contributed by atoms with Crippen LogP contribution in [0.2, 0.25) is 5.02 Å². The van der Waals surface area contributed by atoms with E-state index in [1.54, 1.807) is 41.7 Å². The Balaban J connectivity index is 1.43. The van der Waals surface area contributed by atoms with Crippen molar-refractivity contribution in [3.8, 4) is 5.75 Å². The van der Waals surface area contributed by atoms with Crippen molar-refractivity contribution in [2.45, 2.75) is 37.5 Å². The number of aryl methyl sites for hydroxylation is 1. The van der Waals surface area contributed by atoms with Crippen LogP contribution in [-0.2, 0) is 21.1 Å². The third-order valence-corrected chi connectivity index (χ3v) is 9.31. The molecule has 0 aliphatic carbocycles. The summed E-state index contributed by atoms with van der Waals surface area (Å²) in [5.74, 6) is -1.08. The van der Waals surface area contributed by atoms with Crippen LogP contribution in [0.5, 0.6) is 5.75 Å². The van der Waals surface area contributed by atoms with E-state index in [1.807, 2.05) is 29.7 Å². The summed E-state index contributed by atoms with van der Waals surface area (Å²) in [6.45, 7) is 3.61. The molecule has 0 spiro atoms. The number of hydrogen-bond donors (Lipinski definition) is 2. The molecular weight excluding hydrogens is 608 g/mol. The number of rotatable bonds is 13. The summed E-state index contributed by atoms with van der Waals surface area (Å²) in [7, 11) is -3.49. The van der Waals surface area contributed by atoms with Crippen LogP contribution in [-0.4, -0.2) is 42.7 Å². The summed E-state index contributed by atoms with van der Waals surface area (Å²) in [5, 5.41) is 15.3. The van der Waals surface area contributed by atoms with Gasteiger partial charge in [0.25, 0.3) is 5.91 Å². The molecule has 43 heavy (non-hydrogen) atoms. The number of benzene rings is 3. The van der Waals surface area contributed by atoms with Crippen molar-refractivity contribution in [3.63, 3.8) is 0 Å². The predicted molar refractivity (Wildman–Crippen MR) is 171 cm³/mol. The number of aromatic nitrogens is 1. The molecule has 1 amide bonds. The number of hydrogen-bond acceptors (Lipinski definition) is 7. The van der Waals surface area contributed by atoms with Crippen molar-refractivity contribution in [2.75, 3.05) is 17.7 Å². The van der Waals surface area contributed by atoms with Crippen LogP contribution in [0.15, 0.2) is 77.0 Å². The van der Waals surface area contributed by atoms with Gasteiger partial charge in [0.05, 0.1) is 22.0 Å². The number of amides is 1. The fourth-order valence-corrected chi connectivity index (χ4v) is 6.38. The SMILES string of the molecule is CC(C)c1csc(/C=C/c2ccc(C(=O)Nc3cc(CCCS(=O)(=O)c4ccc(Cl)cc4)ccc3OCC(=O)O)cc2)n1. The molecule has 0 saturated heterocycles. The molecule has 1 aromatic heterocycles. The number of aliphatic carboxylic acids is 1. The van der Waals surface area contributed by atoms with Crippen LogP contribution in [0.3, 0.4) is 0 Å². The number of ether oxygens (including phenoxy) is 1. The number of carbonyl (C=O) groups excluding carboxylic acids is 1. The van der Waals surface area contributed by atoms with Crippen LogP contribution < -0.4 is 10.1 Å². The Hall–Kier alpha value is -3.99. The lowest BCUT2D eigenvalue weighted by molar-refractivity contribution is -0.139. The van der Waals surface area contributed by atoms with E-state index < -0.39 is 28.3 Å². The van der Waals surface area contributed by atoms with E-state index >= 15 is 0 Å². The van der Waals surface area contributed by atoms with Gasteiger partial charge in [-0.15, -0.1) is 11.3 Å². The maximum Gasteiger partial charge on any atom is 0.341 e. The number of halogens is 1. The highest BCUT2D eigenvalue weighted by atomic mass is 35.5. The number of sulfone groups is 1. The summed E-state index contributed by atoms with van der Waals surface area (Å²) in [4.78, 5) is 29.0. The molecule has 0 aliphatic rings. The molecule has 3 aromatic carbocycles. The predicted octanol–water partition coefficient (Wildman–Crippen LogP) is 7.21. The number of thiazole rings is 1. The highest BCUT2D eigenvalue weighted by Crippen LogP contribution is 2.28. The molecule has 224 valence electrons. The lowest BCUT2D eigenvalue weighted by atomic mass is 10.1. The lowest BCUT2D eigenvalue weighted by Crippen LogP contribution is -2.15. The van der Waals surface area contributed by atoms with Gasteiger partial charge in [0.2, 0.25) is 0 Å². The molecule has 2 N–H and O–H groups in total. The van der Waals surface area contributed by atoms with Gasteiger partial charge >= 0.3 is 5.97 Å². The summed E-state index contributed by atoms with van der Waals surface area (Å²) >= 11 is 7.44. The van der Waals surface area contributed by atoms with Crippen LogP contribution in [0.25, 0.3) is 12.2 Å². The molecule has 0 aliphatic heterocycles. The number of carboxylic acid groups (broad SMARTS) is 1. The third kappa shape index (κ3) is 9.25. The van der Waals surface area contributed by atoms with Gasteiger partial charge in [0.1, 0.15) is 10.8 Å². The fraction of sp³-hybridized carbons (Fsp3) is 0.219. The van der Waals surface area contributed by atoms with E-state index in [1.165, 1.54) is 24.3 Å². The average Bonchev–Trinajstić information content (AvgIpc) is 3.46. The minimum Gasteiger partial charge on any atom is -0.480 e. The Morgan fingerprint density at radius 1 is 1.05 bits per heavy atom. The van der Waals surface area contributed by atoms with Gasteiger partial charge in [0.15, 0.2) is 16.4 Å². The molecule has 8 nitrogen and oxygen atoms in total. The van der Waals surface area contributed by atoms with Gasteiger partial charge in [-0.25, -0.2) is 18.2 Å². The van der Waals surface area contributed by atoms with Gasteiger partial charge in [0, 0.05) is 16.0 Å². The second-order valence-electron chi connectivity index (χ2n) is 10.1. The largest absolute Gasteiger partial charge is 0.480 e. The highest BCUT2D eigenvalue weighted by molar-refractivity contribution is 7.91. The average molecular weight is 639 g/mol. The van der Waals surface area contributed by atoms with Crippen molar-refractivity contribution in [2.24, 2.45) is 0 Å². The first-order valence-corrected chi connectivity index (χ1v) is 16.4. The van der Waals surface area contributed by atoms with Crippen molar-refractivity contribution in [1.82, 2.24) is 4.98 Å². The minimum atomic E-state index is -3.49. The molecule has 4 rings (SSSR count). The monoisotopic (exact) mass is 638 g/mol. The van der Waals surface area contributed by atoms with E-state index in [0.29, 0.717) is 29.3 Å². The maximum absolute atomic E-state index is 13.1. The van der Waals surface area contributed by atoms with E-state index in [-0.39, 0.29) is 22.1 Å². The van der Waals surface area contributed by atoms with Gasteiger partial charge in [-0.2, -0.15) is 0 Å². The van der Waals surface area contributed by atoms with E-state index in [9.17, 15) is 18.0 Å².